The Labute approximate surface area is 186 Å². The molecule has 0 unspecified atom stereocenters. The van der Waals surface area contributed by atoms with Crippen LogP contribution >= 0.6 is 11.8 Å². The zero-order valence-corrected chi connectivity index (χ0v) is 18.4. The normalized spacial score (nSPS) is 14.0. The molecule has 0 spiro atoms. The Hall–Kier alpha value is -2.84. The van der Waals surface area contributed by atoms with Crippen molar-refractivity contribution in [3.05, 3.63) is 59.7 Å². The van der Waals surface area contributed by atoms with Gasteiger partial charge in [0.1, 0.15) is 5.75 Å². The number of hydrogen-bond donors (Lipinski definition) is 1. The van der Waals surface area contributed by atoms with Crippen LogP contribution in [-0.4, -0.2) is 47.0 Å². The second-order valence-corrected chi connectivity index (χ2v) is 8.39. The van der Waals surface area contributed by atoms with Crippen molar-refractivity contribution < 1.29 is 13.9 Å². The van der Waals surface area contributed by atoms with Crippen LogP contribution in [0, 0.1) is 0 Å². The van der Waals surface area contributed by atoms with E-state index in [1.807, 2.05) is 24.3 Å². The van der Waals surface area contributed by atoms with Crippen LogP contribution in [0.25, 0.3) is 11.5 Å². The van der Waals surface area contributed by atoms with Crippen LogP contribution < -0.4 is 10.1 Å². The van der Waals surface area contributed by atoms with Crippen molar-refractivity contribution in [2.45, 2.75) is 31.2 Å². The Morgan fingerprint density at radius 2 is 1.77 bits per heavy atom. The molecule has 0 saturated carbocycles. The fraction of sp³-hybridized carbons (Fsp3) is 0.348. The molecule has 1 aliphatic rings. The number of amides is 1. The van der Waals surface area contributed by atoms with Crippen molar-refractivity contribution >= 4 is 17.7 Å². The summed E-state index contributed by atoms with van der Waals surface area (Å²) in [6.07, 6.45) is 2.60. The number of rotatable bonds is 9. The van der Waals surface area contributed by atoms with Gasteiger partial charge in [-0.1, -0.05) is 36.0 Å². The summed E-state index contributed by atoms with van der Waals surface area (Å²) in [5.74, 6) is 1.32. The number of thioether (sulfide) groups is 1. The summed E-state index contributed by atoms with van der Waals surface area (Å²) in [5, 5.41) is 11.4. The van der Waals surface area contributed by atoms with Gasteiger partial charge in [0.05, 0.1) is 12.9 Å². The highest BCUT2D eigenvalue weighted by atomic mass is 32.2. The van der Waals surface area contributed by atoms with Crippen LogP contribution in [0.3, 0.4) is 0 Å². The topological polar surface area (TPSA) is 80.5 Å². The molecule has 162 valence electrons. The minimum absolute atomic E-state index is 0.0738. The van der Waals surface area contributed by atoms with E-state index < -0.39 is 0 Å². The van der Waals surface area contributed by atoms with E-state index >= 15 is 0 Å². The molecule has 0 radical (unpaired) electrons. The molecule has 1 aromatic heterocycles. The molecule has 0 aliphatic carbocycles. The molecule has 7 nitrogen and oxygen atoms in total. The van der Waals surface area contributed by atoms with Gasteiger partial charge in [-0.3, -0.25) is 9.69 Å². The molecule has 31 heavy (non-hydrogen) atoms. The lowest BCUT2D eigenvalue weighted by Crippen LogP contribution is -2.24. The zero-order valence-electron chi connectivity index (χ0n) is 17.5. The van der Waals surface area contributed by atoms with Crippen molar-refractivity contribution in [1.29, 1.82) is 0 Å². The zero-order chi connectivity index (χ0) is 21.5. The van der Waals surface area contributed by atoms with Gasteiger partial charge in [0.2, 0.25) is 11.8 Å². The first-order chi connectivity index (χ1) is 15.2. The van der Waals surface area contributed by atoms with Crippen LogP contribution in [-0.2, 0) is 17.9 Å². The molecule has 8 heteroatoms. The summed E-state index contributed by atoms with van der Waals surface area (Å²) < 4.78 is 10.8. The van der Waals surface area contributed by atoms with E-state index in [9.17, 15) is 4.79 Å². The molecule has 1 aliphatic heterocycles. The lowest BCUT2D eigenvalue weighted by molar-refractivity contribution is -0.118. The van der Waals surface area contributed by atoms with Crippen LogP contribution in [0.4, 0.5) is 0 Å². The van der Waals surface area contributed by atoms with Crippen LogP contribution in [0.2, 0.25) is 0 Å². The van der Waals surface area contributed by atoms with Crippen molar-refractivity contribution in [2.75, 3.05) is 26.0 Å². The van der Waals surface area contributed by atoms with E-state index in [-0.39, 0.29) is 11.7 Å². The van der Waals surface area contributed by atoms with Gasteiger partial charge in [0.25, 0.3) is 5.22 Å². The second kappa shape index (κ2) is 10.5. The van der Waals surface area contributed by atoms with E-state index in [2.05, 4.69) is 44.7 Å². The molecule has 1 amide bonds. The number of nitrogens with one attached hydrogen (secondary N) is 1. The highest BCUT2D eigenvalue weighted by Crippen LogP contribution is 2.24. The number of ether oxygens (including phenoxy) is 1. The van der Waals surface area contributed by atoms with Gasteiger partial charge in [-0.05, 0) is 61.3 Å². The summed E-state index contributed by atoms with van der Waals surface area (Å²) in [4.78, 5) is 14.7. The summed E-state index contributed by atoms with van der Waals surface area (Å²) in [7, 11) is 1.62. The van der Waals surface area contributed by atoms with Gasteiger partial charge in [-0.2, -0.15) is 0 Å². The fourth-order valence-electron chi connectivity index (χ4n) is 3.46. The maximum Gasteiger partial charge on any atom is 0.277 e. The van der Waals surface area contributed by atoms with Gasteiger partial charge in [-0.15, -0.1) is 10.2 Å². The van der Waals surface area contributed by atoms with Gasteiger partial charge in [0, 0.05) is 18.7 Å². The Morgan fingerprint density at radius 1 is 1.06 bits per heavy atom. The first-order valence-corrected chi connectivity index (χ1v) is 11.4. The Morgan fingerprint density at radius 3 is 2.48 bits per heavy atom. The average molecular weight is 439 g/mol. The minimum atomic E-state index is -0.0738. The average Bonchev–Trinajstić information content (AvgIpc) is 3.49. The Balaban J connectivity index is 1.21. The maximum absolute atomic E-state index is 12.2. The molecule has 1 saturated heterocycles. The van der Waals surface area contributed by atoms with Gasteiger partial charge in [-0.25, -0.2) is 0 Å². The fourth-order valence-corrected chi connectivity index (χ4v) is 4.05. The molecule has 4 rings (SSSR count). The number of likely N-dealkylation sites (tertiary alicyclic amines) is 1. The third-order valence-corrected chi connectivity index (χ3v) is 6.01. The minimum Gasteiger partial charge on any atom is -0.497 e. The number of aromatic nitrogens is 2. The highest BCUT2D eigenvalue weighted by Gasteiger charge is 2.13. The molecule has 1 N–H and O–H groups in total. The van der Waals surface area contributed by atoms with Crippen molar-refractivity contribution in [3.8, 4) is 17.2 Å². The molecule has 3 aromatic rings. The monoisotopic (exact) mass is 438 g/mol. The number of nitrogens with zero attached hydrogens (tertiary/aromatic N) is 3. The lowest BCUT2D eigenvalue weighted by atomic mass is 10.1. The van der Waals surface area contributed by atoms with Gasteiger partial charge < -0.3 is 14.5 Å². The summed E-state index contributed by atoms with van der Waals surface area (Å²) in [6, 6.07) is 15.8. The molecule has 2 heterocycles. The van der Waals surface area contributed by atoms with E-state index in [1.54, 1.807) is 7.11 Å². The molecule has 0 atom stereocenters. The van der Waals surface area contributed by atoms with Crippen LogP contribution in [0.5, 0.6) is 5.75 Å². The predicted octanol–water partition coefficient (Wildman–Crippen LogP) is 3.75. The number of carbonyl (C=O) groups excluding carboxylic acids is 1. The standard InChI is InChI=1S/C23H26N4O3S/c1-29-20-10-8-19(9-11-20)22-25-26-23(30-22)31-16-21(28)24-14-17-4-6-18(7-5-17)15-27-12-2-3-13-27/h4-11H,2-3,12-16H2,1H3,(H,24,28). The molecular formula is C23H26N4O3S. The quantitative estimate of drug-likeness (QED) is 0.510. The Kier molecular flexibility index (Phi) is 7.22. The summed E-state index contributed by atoms with van der Waals surface area (Å²) >= 11 is 1.22. The molecule has 2 aromatic carbocycles. The predicted molar refractivity (Wildman–Crippen MR) is 120 cm³/mol. The first-order valence-electron chi connectivity index (χ1n) is 10.4. The summed E-state index contributed by atoms with van der Waals surface area (Å²) in [5.41, 5.74) is 3.21. The van der Waals surface area contributed by atoms with Crippen molar-refractivity contribution in [3.63, 3.8) is 0 Å². The second-order valence-electron chi connectivity index (χ2n) is 7.47. The van der Waals surface area contributed by atoms with Crippen molar-refractivity contribution in [1.82, 2.24) is 20.4 Å². The SMILES string of the molecule is COc1ccc(-c2nnc(SCC(=O)NCc3ccc(CN4CCCC4)cc3)o2)cc1. The third kappa shape index (κ3) is 6.08. The number of methoxy groups -OCH3 is 1. The van der Waals surface area contributed by atoms with Crippen molar-refractivity contribution in [2.24, 2.45) is 0 Å². The summed E-state index contributed by atoms with van der Waals surface area (Å²) in [6.45, 7) is 3.89. The number of benzene rings is 2. The first kappa shape index (κ1) is 21.4. The smallest absolute Gasteiger partial charge is 0.277 e. The van der Waals surface area contributed by atoms with Crippen LogP contribution in [0.15, 0.2) is 58.2 Å². The van der Waals surface area contributed by atoms with Gasteiger partial charge >= 0.3 is 0 Å². The third-order valence-electron chi connectivity index (χ3n) is 5.19. The number of hydrogen-bond acceptors (Lipinski definition) is 7. The van der Waals surface area contributed by atoms with Crippen LogP contribution in [0.1, 0.15) is 24.0 Å². The Bertz CT molecular complexity index is 983. The molecule has 1 fully saturated rings. The van der Waals surface area contributed by atoms with E-state index in [4.69, 9.17) is 9.15 Å². The molecular weight excluding hydrogens is 412 g/mol. The largest absolute Gasteiger partial charge is 0.497 e. The van der Waals surface area contributed by atoms with Gasteiger partial charge in [0.15, 0.2) is 0 Å². The van der Waals surface area contributed by atoms with E-state index in [1.165, 1.54) is 43.3 Å². The molecule has 0 bridgehead atoms. The maximum atomic E-state index is 12.2. The number of carbonyl (C=O) groups is 1. The lowest BCUT2D eigenvalue weighted by Gasteiger charge is -2.14. The van der Waals surface area contributed by atoms with E-state index in [0.29, 0.717) is 17.7 Å². The van der Waals surface area contributed by atoms with E-state index in [0.717, 1.165) is 23.4 Å². The highest BCUT2D eigenvalue weighted by molar-refractivity contribution is 7.99.